The molecule has 0 bridgehead atoms. The van der Waals surface area contributed by atoms with Gasteiger partial charge in [-0.2, -0.15) is 0 Å². The zero-order valence-electron chi connectivity index (χ0n) is 8.12. The summed E-state index contributed by atoms with van der Waals surface area (Å²) >= 11 is 0. The van der Waals surface area contributed by atoms with Crippen molar-refractivity contribution >= 4 is 11.9 Å². The fourth-order valence-corrected chi connectivity index (χ4v) is 0.877. The molecular weight excluding hydrogens is 174 g/mol. The third-order valence-corrected chi connectivity index (χ3v) is 1.53. The molecule has 1 atom stereocenters. The zero-order valence-corrected chi connectivity index (χ0v) is 8.12. The summed E-state index contributed by atoms with van der Waals surface area (Å²) in [7, 11) is 2.56. The number of hydrogen-bond acceptors (Lipinski definition) is 5. The molecule has 0 aromatic carbocycles. The van der Waals surface area contributed by atoms with Crippen LogP contribution in [0.25, 0.3) is 0 Å². The van der Waals surface area contributed by atoms with Gasteiger partial charge in [0.1, 0.15) is 6.04 Å². The second-order valence-corrected chi connectivity index (χ2v) is 2.41. The van der Waals surface area contributed by atoms with Gasteiger partial charge in [0, 0.05) is 0 Å². The first-order valence-electron chi connectivity index (χ1n) is 4.03. The van der Waals surface area contributed by atoms with E-state index in [-0.39, 0.29) is 6.42 Å². The molecule has 0 aromatic rings. The SMILES string of the molecule is CCNC(CC(=O)OC)C(=O)OC. The molecule has 76 valence electrons. The van der Waals surface area contributed by atoms with Crippen LogP contribution in [0.4, 0.5) is 0 Å². The van der Waals surface area contributed by atoms with Crippen LogP contribution >= 0.6 is 0 Å². The molecule has 0 aliphatic heterocycles. The van der Waals surface area contributed by atoms with Crippen molar-refractivity contribution in [1.29, 1.82) is 0 Å². The molecular formula is C8H15NO4. The predicted molar refractivity (Wildman–Crippen MR) is 46.1 cm³/mol. The lowest BCUT2D eigenvalue weighted by Gasteiger charge is -2.13. The van der Waals surface area contributed by atoms with Gasteiger partial charge >= 0.3 is 11.9 Å². The maximum Gasteiger partial charge on any atom is 0.323 e. The molecule has 5 heteroatoms. The zero-order chi connectivity index (χ0) is 10.3. The Kier molecular flexibility index (Phi) is 5.88. The number of hydrogen-bond donors (Lipinski definition) is 1. The summed E-state index contributed by atoms with van der Waals surface area (Å²) in [4.78, 5) is 21.9. The van der Waals surface area contributed by atoms with E-state index in [0.29, 0.717) is 6.54 Å². The Morgan fingerprint density at radius 3 is 2.31 bits per heavy atom. The van der Waals surface area contributed by atoms with Gasteiger partial charge in [-0.15, -0.1) is 0 Å². The molecule has 0 aromatic heterocycles. The van der Waals surface area contributed by atoms with E-state index in [0.717, 1.165) is 0 Å². The average Bonchev–Trinajstić information content (AvgIpc) is 2.15. The van der Waals surface area contributed by atoms with Gasteiger partial charge in [0.15, 0.2) is 0 Å². The van der Waals surface area contributed by atoms with Crippen LogP contribution in [0.2, 0.25) is 0 Å². The maximum absolute atomic E-state index is 11.1. The van der Waals surface area contributed by atoms with Crippen molar-refractivity contribution in [2.24, 2.45) is 0 Å². The second-order valence-electron chi connectivity index (χ2n) is 2.41. The molecule has 0 amide bonds. The van der Waals surface area contributed by atoms with Crippen LogP contribution in [-0.4, -0.2) is 38.7 Å². The van der Waals surface area contributed by atoms with Crippen LogP contribution in [0.3, 0.4) is 0 Å². The third-order valence-electron chi connectivity index (χ3n) is 1.53. The summed E-state index contributed by atoms with van der Waals surface area (Å²) in [6.45, 7) is 2.43. The van der Waals surface area contributed by atoms with E-state index >= 15 is 0 Å². The summed E-state index contributed by atoms with van der Waals surface area (Å²) in [5.74, 6) is -0.886. The predicted octanol–water partition coefficient (Wildman–Crippen LogP) is -0.299. The summed E-state index contributed by atoms with van der Waals surface area (Å²) < 4.78 is 8.94. The summed E-state index contributed by atoms with van der Waals surface area (Å²) in [6, 6.07) is -0.609. The standard InChI is InChI=1S/C8H15NO4/c1-4-9-6(8(11)13-3)5-7(10)12-2/h6,9H,4-5H2,1-3H3. The Labute approximate surface area is 77.4 Å². The highest BCUT2D eigenvalue weighted by atomic mass is 16.5. The van der Waals surface area contributed by atoms with Gasteiger partial charge in [0.2, 0.25) is 0 Å². The lowest BCUT2D eigenvalue weighted by molar-refractivity contribution is -0.149. The normalized spacial score (nSPS) is 11.9. The Morgan fingerprint density at radius 1 is 1.31 bits per heavy atom. The Hall–Kier alpha value is -1.10. The van der Waals surface area contributed by atoms with Crippen LogP contribution < -0.4 is 5.32 Å². The minimum absolute atomic E-state index is 0.00296. The van der Waals surface area contributed by atoms with Gasteiger partial charge in [-0.05, 0) is 6.54 Å². The van der Waals surface area contributed by atoms with Crippen molar-refractivity contribution in [3.63, 3.8) is 0 Å². The molecule has 5 nitrogen and oxygen atoms in total. The summed E-state index contributed by atoms with van der Waals surface area (Å²) in [5.41, 5.74) is 0. The summed E-state index contributed by atoms with van der Waals surface area (Å²) in [5, 5.41) is 2.82. The van der Waals surface area contributed by atoms with Crippen LogP contribution in [0.1, 0.15) is 13.3 Å². The highest BCUT2D eigenvalue weighted by molar-refractivity contribution is 5.82. The van der Waals surface area contributed by atoms with E-state index in [9.17, 15) is 9.59 Å². The maximum atomic E-state index is 11.1. The van der Waals surface area contributed by atoms with Crippen molar-refractivity contribution in [3.05, 3.63) is 0 Å². The quantitative estimate of drug-likeness (QED) is 0.601. The van der Waals surface area contributed by atoms with E-state index < -0.39 is 18.0 Å². The molecule has 0 aliphatic rings. The molecule has 0 aliphatic carbocycles. The summed E-state index contributed by atoms with van der Waals surface area (Å²) in [6.07, 6.45) is -0.00296. The minimum Gasteiger partial charge on any atom is -0.469 e. The molecule has 0 saturated heterocycles. The molecule has 1 unspecified atom stereocenters. The van der Waals surface area contributed by atoms with Crippen molar-refractivity contribution < 1.29 is 19.1 Å². The number of esters is 2. The van der Waals surface area contributed by atoms with Crippen LogP contribution in [0.5, 0.6) is 0 Å². The van der Waals surface area contributed by atoms with Gasteiger partial charge < -0.3 is 14.8 Å². The number of carbonyl (C=O) groups excluding carboxylic acids is 2. The van der Waals surface area contributed by atoms with Gasteiger partial charge in [-0.1, -0.05) is 6.92 Å². The van der Waals surface area contributed by atoms with E-state index in [1.165, 1.54) is 14.2 Å². The Bertz CT molecular complexity index is 181. The first-order valence-corrected chi connectivity index (χ1v) is 4.03. The Morgan fingerprint density at radius 2 is 1.92 bits per heavy atom. The minimum atomic E-state index is -0.609. The molecule has 0 rings (SSSR count). The smallest absolute Gasteiger partial charge is 0.323 e. The van der Waals surface area contributed by atoms with Crippen molar-refractivity contribution in [1.82, 2.24) is 5.32 Å². The van der Waals surface area contributed by atoms with Crippen molar-refractivity contribution in [2.45, 2.75) is 19.4 Å². The van der Waals surface area contributed by atoms with Crippen molar-refractivity contribution in [3.8, 4) is 0 Å². The van der Waals surface area contributed by atoms with Crippen molar-refractivity contribution in [2.75, 3.05) is 20.8 Å². The molecule has 1 N–H and O–H groups in total. The number of nitrogens with one attached hydrogen (secondary N) is 1. The second kappa shape index (κ2) is 6.42. The van der Waals surface area contributed by atoms with E-state index in [4.69, 9.17) is 0 Å². The highest BCUT2D eigenvalue weighted by Gasteiger charge is 2.21. The van der Waals surface area contributed by atoms with Gasteiger partial charge in [-0.3, -0.25) is 9.59 Å². The first-order chi connectivity index (χ1) is 6.15. The topological polar surface area (TPSA) is 64.6 Å². The molecule has 0 radical (unpaired) electrons. The molecule has 13 heavy (non-hydrogen) atoms. The van der Waals surface area contributed by atoms with Crippen LogP contribution in [-0.2, 0) is 19.1 Å². The first kappa shape index (κ1) is 11.9. The van der Waals surface area contributed by atoms with Gasteiger partial charge in [0.05, 0.1) is 20.6 Å². The fraction of sp³-hybridized carbons (Fsp3) is 0.750. The van der Waals surface area contributed by atoms with E-state index in [1.54, 1.807) is 0 Å². The number of rotatable bonds is 5. The largest absolute Gasteiger partial charge is 0.469 e. The lowest BCUT2D eigenvalue weighted by atomic mass is 10.2. The molecule has 0 fully saturated rings. The molecule has 0 saturated carbocycles. The average molecular weight is 189 g/mol. The number of carbonyl (C=O) groups is 2. The number of methoxy groups -OCH3 is 2. The van der Waals surface area contributed by atoms with Gasteiger partial charge in [0.25, 0.3) is 0 Å². The fourth-order valence-electron chi connectivity index (χ4n) is 0.877. The Balaban J connectivity index is 4.08. The number of ether oxygens (including phenoxy) is 2. The molecule has 0 spiro atoms. The van der Waals surface area contributed by atoms with Crippen LogP contribution in [0.15, 0.2) is 0 Å². The lowest BCUT2D eigenvalue weighted by Crippen LogP contribution is -2.39. The monoisotopic (exact) mass is 189 g/mol. The van der Waals surface area contributed by atoms with E-state index in [2.05, 4.69) is 14.8 Å². The van der Waals surface area contributed by atoms with Gasteiger partial charge in [-0.25, -0.2) is 0 Å². The third kappa shape index (κ3) is 4.47. The van der Waals surface area contributed by atoms with Crippen LogP contribution in [0, 0.1) is 0 Å². The highest BCUT2D eigenvalue weighted by Crippen LogP contribution is 1.96. The number of likely N-dealkylation sites (N-methyl/N-ethyl adjacent to an activating group) is 1. The molecule has 0 heterocycles. The van der Waals surface area contributed by atoms with E-state index in [1.807, 2.05) is 6.92 Å².